The maximum Gasteiger partial charge on any atom is 0.259 e. The van der Waals surface area contributed by atoms with Gasteiger partial charge in [-0.05, 0) is 31.5 Å². The van der Waals surface area contributed by atoms with E-state index in [1.54, 1.807) is 13.3 Å². The number of para-hydroxylation sites is 2. The van der Waals surface area contributed by atoms with Crippen LogP contribution < -0.4 is 15.5 Å². The second-order valence-electron chi connectivity index (χ2n) is 6.57. The molecular weight excluding hydrogens is 366 g/mol. The highest BCUT2D eigenvalue weighted by atomic mass is 16.5. The lowest BCUT2D eigenvalue weighted by Crippen LogP contribution is -2.26. The normalized spacial score (nSPS) is 10.9. The predicted molar refractivity (Wildman–Crippen MR) is 114 cm³/mol. The number of hydrogen-bond acceptors (Lipinski definition) is 5. The number of nitrogens with one attached hydrogen (secondary N) is 2. The highest BCUT2D eigenvalue weighted by molar-refractivity contribution is 5.86. The molecule has 0 unspecified atom stereocenters. The summed E-state index contributed by atoms with van der Waals surface area (Å²) in [6.07, 6.45) is 1.64. The lowest BCUT2D eigenvalue weighted by atomic mass is 10.2. The number of hydrogen-bond donors (Lipinski definition) is 2. The minimum absolute atomic E-state index is 0.0863. The fourth-order valence-electron chi connectivity index (χ4n) is 2.98. The van der Waals surface area contributed by atoms with E-state index >= 15 is 0 Å². The Balaban J connectivity index is 1.58. The van der Waals surface area contributed by atoms with E-state index in [9.17, 15) is 4.79 Å². The first-order valence-electron chi connectivity index (χ1n) is 9.35. The summed E-state index contributed by atoms with van der Waals surface area (Å²) in [5.41, 5.74) is 7.24. The molecule has 0 fully saturated rings. The van der Waals surface area contributed by atoms with E-state index in [0.29, 0.717) is 12.3 Å². The van der Waals surface area contributed by atoms with Crippen molar-refractivity contribution in [3.8, 4) is 5.75 Å². The van der Waals surface area contributed by atoms with Crippen LogP contribution in [0.4, 0.5) is 5.69 Å². The van der Waals surface area contributed by atoms with Crippen molar-refractivity contribution in [1.29, 1.82) is 0 Å². The smallest absolute Gasteiger partial charge is 0.259 e. The summed E-state index contributed by atoms with van der Waals surface area (Å²) in [6, 6.07) is 17.6. The van der Waals surface area contributed by atoms with Crippen molar-refractivity contribution in [3.05, 3.63) is 77.1 Å². The third-order valence-electron chi connectivity index (χ3n) is 4.54. The lowest BCUT2D eigenvalue weighted by Gasteiger charge is -2.09. The van der Waals surface area contributed by atoms with Gasteiger partial charge in [0.1, 0.15) is 5.75 Å². The molecule has 150 valence electrons. The first kappa shape index (κ1) is 20.1. The van der Waals surface area contributed by atoms with Gasteiger partial charge in [-0.15, -0.1) is 0 Å². The van der Waals surface area contributed by atoms with Crippen molar-refractivity contribution in [2.75, 3.05) is 19.0 Å². The van der Waals surface area contributed by atoms with Crippen LogP contribution in [0.5, 0.6) is 5.75 Å². The van der Waals surface area contributed by atoms with Crippen molar-refractivity contribution in [1.82, 2.24) is 15.2 Å². The van der Waals surface area contributed by atoms with Gasteiger partial charge in [-0.1, -0.05) is 42.5 Å². The quantitative estimate of drug-likeness (QED) is 0.457. The summed E-state index contributed by atoms with van der Waals surface area (Å²) in [6.45, 7) is 4.70. The minimum Gasteiger partial charge on any atom is -0.495 e. The molecule has 1 heterocycles. The van der Waals surface area contributed by atoms with Gasteiger partial charge in [0.2, 0.25) is 0 Å². The second kappa shape index (κ2) is 9.54. The fourth-order valence-corrected chi connectivity index (χ4v) is 2.98. The summed E-state index contributed by atoms with van der Waals surface area (Å²) in [4.78, 5) is 12.1. The van der Waals surface area contributed by atoms with E-state index in [0.717, 1.165) is 22.6 Å². The first-order valence-corrected chi connectivity index (χ1v) is 9.35. The fraction of sp³-hybridized carbons (Fsp3) is 0.227. The van der Waals surface area contributed by atoms with E-state index in [1.165, 1.54) is 5.56 Å². The number of aryl methyl sites for hydroxylation is 1. The molecule has 7 heteroatoms. The number of hydrazone groups is 1. The predicted octanol–water partition coefficient (Wildman–Crippen LogP) is 3.12. The Kier molecular flexibility index (Phi) is 6.63. The highest BCUT2D eigenvalue weighted by Crippen LogP contribution is 2.22. The van der Waals surface area contributed by atoms with Gasteiger partial charge in [0.05, 0.1) is 37.8 Å². The third-order valence-corrected chi connectivity index (χ3v) is 4.54. The molecule has 0 aliphatic rings. The summed E-state index contributed by atoms with van der Waals surface area (Å²) >= 11 is 0. The molecule has 0 radical (unpaired) electrons. The van der Waals surface area contributed by atoms with Crippen LogP contribution in [-0.2, 0) is 11.3 Å². The van der Waals surface area contributed by atoms with Crippen LogP contribution in [0.1, 0.15) is 22.5 Å². The Morgan fingerprint density at radius 1 is 1.14 bits per heavy atom. The number of methoxy groups -OCH3 is 1. The van der Waals surface area contributed by atoms with Crippen molar-refractivity contribution >= 4 is 17.8 Å². The molecule has 1 aromatic heterocycles. The van der Waals surface area contributed by atoms with Gasteiger partial charge in [0.25, 0.3) is 5.91 Å². The number of rotatable bonds is 8. The minimum atomic E-state index is -0.251. The van der Waals surface area contributed by atoms with E-state index < -0.39 is 0 Å². The van der Waals surface area contributed by atoms with Gasteiger partial charge in [0.15, 0.2) is 0 Å². The summed E-state index contributed by atoms with van der Waals surface area (Å²) in [5, 5.41) is 11.7. The zero-order valence-corrected chi connectivity index (χ0v) is 16.8. The monoisotopic (exact) mass is 391 g/mol. The average molecular weight is 391 g/mol. The van der Waals surface area contributed by atoms with Gasteiger partial charge >= 0.3 is 0 Å². The lowest BCUT2D eigenvalue weighted by molar-refractivity contribution is -0.119. The van der Waals surface area contributed by atoms with E-state index in [-0.39, 0.29) is 12.5 Å². The standard InChI is InChI=1S/C22H25N5O2/c1-16-19(17(2)27(26-16)15-18-9-5-4-6-10-18)13-24-25-22(28)14-23-20-11-7-8-12-21(20)29-3/h4-13,23H,14-15H2,1-3H3,(H,25,28)/b24-13-. The van der Waals surface area contributed by atoms with Crippen molar-refractivity contribution in [3.63, 3.8) is 0 Å². The molecule has 2 aromatic carbocycles. The zero-order chi connectivity index (χ0) is 20.6. The molecular formula is C22H25N5O2. The van der Waals surface area contributed by atoms with Crippen LogP contribution >= 0.6 is 0 Å². The molecule has 0 aliphatic heterocycles. The average Bonchev–Trinajstić information content (AvgIpc) is 3.00. The summed E-state index contributed by atoms with van der Waals surface area (Å²) < 4.78 is 7.20. The Morgan fingerprint density at radius 3 is 2.62 bits per heavy atom. The molecule has 29 heavy (non-hydrogen) atoms. The number of carbonyl (C=O) groups is 1. The van der Waals surface area contributed by atoms with Crippen LogP contribution in [-0.4, -0.2) is 35.6 Å². The zero-order valence-electron chi connectivity index (χ0n) is 16.8. The van der Waals surface area contributed by atoms with Crippen LogP contribution in [0.3, 0.4) is 0 Å². The Morgan fingerprint density at radius 2 is 1.86 bits per heavy atom. The molecule has 0 bridgehead atoms. The maximum atomic E-state index is 12.1. The Hall–Kier alpha value is -3.61. The first-order chi connectivity index (χ1) is 14.1. The Bertz CT molecular complexity index is 996. The Labute approximate surface area is 170 Å². The summed E-state index contributed by atoms with van der Waals surface area (Å²) in [7, 11) is 1.59. The van der Waals surface area contributed by atoms with Crippen molar-refractivity contribution < 1.29 is 9.53 Å². The molecule has 0 atom stereocenters. The number of amides is 1. The van der Waals surface area contributed by atoms with E-state index in [1.807, 2.05) is 61.0 Å². The molecule has 0 spiro atoms. The topological polar surface area (TPSA) is 80.5 Å². The number of aromatic nitrogens is 2. The third kappa shape index (κ3) is 5.22. The molecule has 0 saturated carbocycles. The number of nitrogens with zero attached hydrogens (tertiary/aromatic N) is 3. The number of carbonyl (C=O) groups excluding carboxylic acids is 1. The van der Waals surface area contributed by atoms with Gasteiger partial charge in [-0.2, -0.15) is 10.2 Å². The van der Waals surface area contributed by atoms with E-state index in [4.69, 9.17) is 4.74 Å². The van der Waals surface area contributed by atoms with Gasteiger partial charge < -0.3 is 10.1 Å². The second-order valence-corrected chi connectivity index (χ2v) is 6.57. The van der Waals surface area contributed by atoms with Gasteiger partial charge in [-0.25, -0.2) is 5.43 Å². The molecule has 0 aliphatic carbocycles. The van der Waals surface area contributed by atoms with Gasteiger partial charge in [0, 0.05) is 11.3 Å². The van der Waals surface area contributed by atoms with Crippen LogP contribution in [0.15, 0.2) is 59.7 Å². The van der Waals surface area contributed by atoms with Crippen LogP contribution in [0, 0.1) is 13.8 Å². The van der Waals surface area contributed by atoms with Crippen LogP contribution in [0.2, 0.25) is 0 Å². The van der Waals surface area contributed by atoms with E-state index in [2.05, 4.69) is 33.1 Å². The SMILES string of the molecule is COc1ccccc1NCC(=O)N/N=C\c1c(C)nn(Cc2ccccc2)c1C. The largest absolute Gasteiger partial charge is 0.495 e. The number of benzene rings is 2. The molecule has 3 rings (SSSR count). The molecule has 7 nitrogen and oxygen atoms in total. The van der Waals surface area contributed by atoms with Gasteiger partial charge in [-0.3, -0.25) is 9.48 Å². The highest BCUT2D eigenvalue weighted by Gasteiger charge is 2.10. The van der Waals surface area contributed by atoms with Crippen LogP contribution in [0.25, 0.3) is 0 Å². The molecule has 1 amide bonds. The summed E-state index contributed by atoms with van der Waals surface area (Å²) in [5.74, 6) is 0.431. The van der Waals surface area contributed by atoms with Crippen molar-refractivity contribution in [2.24, 2.45) is 5.10 Å². The molecule has 3 aromatic rings. The molecule has 0 saturated heterocycles. The maximum absolute atomic E-state index is 12.1. The molecule has 2 N–H and O–H groups in total. The van der Waals surface area contributed by atoms with Crippen molar-refractivity contribution in [2.45, 2.75) is 20.4 Å². The number of ether oxygens (including phenoxy) is 1. The number of anilines is 1.